The Morgan fingerprint density at radius 2 is 1.86 bits per heavy atom. The van der Waals surface area contributed by atoms with Crippen molar-refractivity contribution in [3.05, 3.63) is 35.9 Å². The van der Waals surface area contributed by atoms with Gasteiger partial charge in [0.25, 0.3) is 5.91 Å². The van der Waals surface area contributed by atoms with Crippen molar-refractivity contribution < 1.29 is 19.5 Å². The van der Waals surface area contributed by atoms with Crippen LogP contribution in [0.1, 0.15) is 29.6 Å². The smallest absolute Gasteiger partial charge is 0.303 e. The van der Waals surface area contributed by atoms with Crippen molar-refractivity contribution in [2.75, 3.05) is 11.5 Å². The number of carbonyl (C=O) groups is 3. The van der Waals surface area contributed by atoms with Crippen LogP contribution in [-0.2, 0) is 9.59 Å². The van der Waals surface area contributed by atoms with Crippen molar-refractivity contribution in [1.29, 1.82) is 0 Å². The van der Waals surface area contributed by atoms with E-state index in [2.05, 4.69) is 5.32 Å². The van der Waals surface area contributed by atoms with Crippen LogP contribution in [0.25, 0.3) is 0 Å². The molecule has 0 saturated heterocycles. The normalized spacial score (nSPS) is 15.2. The van der Waals surface area contributed by atoms with Crippen LogP contribution in [0.3, 0.4) is 0 Å². The molecule has 0 unspecified atom stereocenters. The van der Waals surface area contributed by atoms with E-state index in [4.69, 9.17) is 5.11 Å². The Morgan fingerprint density at radius 3 is 2.43 bits per heavy atom. The van der Waals surface area contributed by atoms with Gasteiger partial charge in [0.05, 0.1) is 12.2 Å². The van der Waals surface area contributed by atoms with Crippen molar-refractivity contribution in [2.45, 2.75) is 19.3 Å². The topological polar surface area (TPSA) is 83.5 Å². The largest absolute Gasteiger partial charge is 0.481 e. The molecule has 6 heteroatoms. The number of hydrogen-bond donors (Lipinski definition) is 2. The number of carboxylic acid groups (broad SMARTS) is 1. The van der Waals surface area contributed by atoms with Gasteiger partial charge in [-0.05, 0) is 36.1 Å². The first-order valence-corrected chi connectivity index (χ1v) is 7.85. The monoisotopic (exact) mass is 307 g/mol. The molecule has 1 aliphatic rings. The van der Waals surface area contributed by atoms with Crippen molar-refractivity contribution in [3.8, 4) is 0 Å². The van der Waals surface area contributed by atoms with Crippen LogP contribution in [-0.4, -0.2) is 34.4 Å². The number of amides is 2. The van der Waals surface area contributed by atoms with Crippen molar-refractivity contribution in [2.24, 2.45) is 5.41 Å². The van der Waals surface area contributed by atoms with Gasteiger partial charge in [-0.15, -0.1) is 0 Å². The van der Waals surface area contributed by atoms with Crippen LogP contribution in [0.2, 0.25) is 0 Å². The van der Waals surface area contributed by atoms with Gasteiger partial charge >= 0.3 is 5.97 Å². The molecule has 0 heterocycles. The second-order valence-electron chi connectivity index (χ2n) is 5.31. The fourth-order valence-electron chi connectivity index (χ4n) is 2.05. The Hall–Kier alpha value is -1.82. The zero-order valence-corrected chi connectivity index (χ0v) is 12.3. The first-order valence-electron chi connectivity index (χ1n) is 6.70. The molecule has 0 aliphatic heterocycles. The number of carboxylic acids is 1. The summed E-state index contributed by atoms with van der Waals surface area (Å²) in [5, 5.41) is 11.1. The predicted molar refractivity (Wildman–Crippen MR) is 80.2 cm³/mol. The maximum Gasteiger partial charge on any atom is 0.303 e. The Morgan fingerprint density at radius 1 is 1.19 bits per heavy atom. The standard InChI is InChI=1S/C15H17NO4S/c17-12(16-14(20)11-4-2-1-3-5-11)9-21-10-15(6-7-15)8-13(18)19/h1-5H,6-10H2,(H,18,19)(H,16,17,20). The van der Waals surface area contributed by atoms with Gasteiger partial charge in [0, 0.05) is 5.56 Å². The first-order chi connectivity index (χ1) is 10.0. The third-order valence-corrected chi connectivity index (χ3v) is 4.70. The molecule has 0 spiro atoms. The lowest BCUT2D eigenvalue weighted by molar-refractivity contribution is -0.138. The third kappa shape index (κ3) is 4.90. The van der Waals surface area contributed by atoms with Gasteiger partial charge in [0.15, 0.2) is 0 Å². The Labute approximate surface area is 127 Å². The zero-order valence-electron chi connectivity index (χ0n) is 11.5. The van der Waals surface area contributed by atoms with Crippen LogP contribution in [0.4, 0.5) is 0 Å². The molecule has 2 N–H and O–H groups in total. The van der Waals surface area contributed by atoms with Gasteiger partial charge < -0.3 is 5.11 Å². The fraction of sp³-hybridized carbons (Fsp3) is 0.400. The van der Waals surface area contributed by atoms with Crippen molar-refractivity contribution >= 4 is 29.5 Å². The fourth-order valence-corrected chi connectivity index (χ4v) is 3.24. The molecule has 0 radical (unpaired) electrons. The average molecular weight is 307 g/mol. The summed E-state index contributed by atoms with van der Waals surface area (Å²) < 4.78 is 0. The van der Waals surface area contributed by atoms with Gasteiger partial charge in [-0.2, -0.15) is 11.8 Å². The van der Waals surface area contributed by atoms with E-state index in [1.165, 1.54) is 11.8 Å². The van der Waals surface area contributed by atoms with Gasteiger partial charge in [-0.25, -0.2) is 0 Å². The summed E-state index contributed by atoms with van der Waals surface area (Å²) in [4.78, 5) is 34.2. The molecule has 0 atom stereocenters. The van der Waals surface area contributed by atoms with E-state index in [1.807, 2.05) is 0 Å². The van der Waals surface area contributed by atoms with E-state index < -0.39 is 11.9 Å². The zero-order chi connectivity index (χ0) is 15.3. The number of rotatable bonds is 7. The van der Waals surface area contributed by atoms with E-state index >= 15 is 0 Å². The number of imide groups is 1. The van der Waals surface area contributed by atoms with Crippen LogP contribution in [0.15, 0.2) is 30.3 Å². The molecule has 112 valence electrons. The van der Waals surface area contributed by atoms with E-state index in [0.29, 0.717) is 11.3 Å². The van der Waals surface area contributed by atoms with E-state index in [1.54, 1.807) is 30.3 Å². The lowest BCUT2D eigenvalue weighted by atomic mass is 10.1. The Balaban J connectivity index is 1.71. The molecule has 1 aromatic carbocycles. The summed E-state index contributed by atoms with van der Waals surface area (Å²) in [7, 11) is 0. The van der Waals surface area contributed by atoms with E-state index in [9.17, 15) is 14.4 Å². The molecule has 0 bridgehead atoms. The lowest BCUT2D eigenvalue weighted by Gasteiger charge is -2.11. The molecule has 2 amide bonds. The Kier molecular flexibility index (Phi) is 5.01. The third-order valence-electron chi connectivity index (χ3n) is 3.41. The number of nitrogens with one attached hydrogen (secondary N) is 1. The maximum absolute atomic E-state index is 11.8. The number of carbonyl (C=O) groups excluding carboxylic acids is 2. The summed E-state index contributed by atoms with van der Waals surface area (Å²) in [5.74, 6) is -0.740. The first kappa shape index (κ1) is 15.6. The van der Waals surface area contributed by atoms with Crippen LogP contribution >= 0.6 is 11.8 Å². The van der Waals surface area contributed by atoms with E-state index in [0.717, 1.165) is 12.8 Å². The molecule has 1 aliphatic carbocycles. The van der Waals surface area contributed by atoms with Crippen molar-refractivity contribution in [1.82, 2.24) is 5.32 Å². The van der Waals surface area contributed by atoms with Gasteiger partial charge in [-0.1, -0.05) is 18.2 Å². The van der Waals surface area contributed by atoms with Gasteiger partial charge in [-0.3, -0.25) is 19.7 Å². The van der Waals surface area contributed by atoms with Gasteiger partial charge in [0.1, 0.15) is 0 Å². The summed E-state index contributed by atoms with van der Waals surface area (Å²) in [5.41, 5.74) is 0.306. The molecule has 2 rings (SSSR count). The molecule has 1 fully saturated rings. The number of hydrogen-bond acceptors (Lipinski definition) is 4. The van der Waals surface area contributed by atoms with Crippen molar-refractivity contribution in [3.63, 3.8) is 0 Å². The Bertz CT molecular complexity index is 540. The van der Waals surface area contributed by atoms with Crippen LogP contribution < -0.4 is 5.32 Å². The summed E-state index contributed by atoms with van der Waals surface area (Å²) in [6, 6.07) is 8.55. The highest BCUT2D eigenvalue weighted by Crippen LogP contribution is 2.50. The number of benzene rings is 1. The summed E-state index contributed by atoms with van der Waals surface area (Å²) in [6.07, 6.45) is 1.96. The maximum atomic E-state index is 11.8. The minimum absolute atomic E-state index is 0.139. The predicted octanol–water partition coefficient (Wildman–Crippen LogP) is 1.93. The van der Waals surface area contributed by atoms with Gasteiger partial charge in [0.2, 0.25) is 5.91 Å². The lowest BCUT2D eigenvalue weighted by Crippen LogP contribution is -2.32. The highest BCUT2D eigenvalue weighted by atomic mass is 32.2. The molecule has 0 aromatic heterocycles. The summed E-state index contributed by atoms with van der Waals surface area (Å²) in [6.45, 7) is 0. The highest BCUT2D eigenvalue weighted by molar-refractivity contribution is 8.00. The molecule has 1 aromatic rings. The van der Waals surface area contributed by atoms with Crippen LogP contribution in [0.5, 0.6) is 0 Å². The minimum atomic E-state index is -0.795. The molecule has 21 heavy (non-hydrogen) atoms. The SMILES string of the molecule is O=C(O)CC1(CSCC(=O)NC(=O)c2ccccc2)CC1. The molecule has 5 nitrogen and oxygen atoms in total. The average Bonchev–Trinajstić information content (AvgIpc) is 3.18. The summed E-state index contributed by atoms with van der Waals surface area (Å²) >= 11 is 1.38. The highest BCUT2D eigenvalue weighted by Gasteiger charge is 2.44. The molecular weight excluding hydrogens is 290 g/mol. The number of aliphatic carboxylic acids is 1. The minimum Gasteiger partial charge on any atom is -0.481 e. The molecule has 1 saturated carbocycles. The second-order valence-corrected chi connectivity index (χ2v) is 6.29. The number of thioether (sulfide) groups is 1. The quantitative estimate of drug-likeness (QED) is 0.804. The van der Waals surface area contributed by atoms with E-state index in [-0.39, 0.29) is 23.5 Å². The van der Waals surface area contributed by atoms with Crippen LogP contribution in [0, 0.1) is 5.41 Å². The second kappa shape index (κ2) is 6.76. The molecular formula is C15H17NO4S.